The van der Waals surface area contributed by atoms with Gasteiger partial charge in [0.2, 0.25) is 0 Å². The molecule has 1 atom stereocenters. The topological polar surface area (TPSA) is 87.7 Å². The second-order valence-corrected chi connectivity index (χ2v) is 5.10. The molecule has 0 heterocycles. The molecule has 122 valence electrons. The van der Waals surface area contributed by atoms with Crippen LogP contribution in [0.25, 0.3) is 0 Å². The van der Waals surface area contributed by atoms with Crippen molar-refractivity contribution >= 4 is 11.8 Å². The lowest BCUT2D eigenvalue weighted by Gasteiger charge is -2.13. The molecule has 6 nitrogen and oxygen atoms in total. The molecule has 1 rings (SSSR count). The summed E-state index contributed by atoms with van der Waals surface area (Å²) in [6, 6.07) is 7.43. The molecule has 6 heteroatoms. The Morgan fingerprint density at radius 2 is 1.82 bits per heavy atom. The summed E-state index contributed by atoms with van der Waals surface area (Å²) in [5.74, 6) is -0.779. The van der Waals surface area contributed by atoms with Crippen molar-refractivity contribution in [1.82, 2.24) is 10.6 Å². The van der Waals surface area contributed by atoms with Crippen molar-refractivity contribution in [2.75, 3.05) is 19.7 Å². The van der Waals surface area contributed by atoms with Gasteiger partial charge >= 0.3 is 11.8 Å². The van der Waals surface area contributed by atoms with Crippen LogP contribution in [0.1, 0.15) is 25.3 Å². The highest BCUT2D eigenvalue weighted by Gasteiger charge is 2.14. The molecule has 0 saturated carbocycles. The van der Waals surface area contributed by atoms with Crippen LogP contribution in [0.15, 0.2) is 24.3 Å². The molecule has 22 heavy (non-hydrogen) atoms. The number of aliphatic hydroxyl groups is 1. The zero-order valence-electron chi connectivity index (χ0n) is 13.1. The van der Waals surface area contributed by atoms with Gasteiger partial charge in [-0.25, -0.2) is 0 Å². The molecule has 0 spiro atoms. The minimum Gasteiger partial charge on any atom is -0.491 e. The number of hydrogen-bond acceptors (Lipinski definition) is 4. The number of unbranched alkanes of at least 4 members (excludes halogenated alkanes) is 1. The van der Waals surface area contributed by atoms with Crippen LogP contribution >= 0.6 is 0 Å². The molecule has 0 aromatic heterocycles. The Hall–Kier alpha value is -2.08. The number of hydrogen-bond donors (Lipinski definition) is 3. The summed E-state index contributed by atoms with van der Waals surface area (Å²) in [4.78, 5) is 22.9. The number of rotatable bonds is 8. The summed E-state index contributed by atoms with van der Waals surface area (Å²) in [5.41, 5.74) is 1.12. The fourth-order valence-corrected chi connectivity index (χ4v) is 1.64. The van der Waals surface area contributed by atoms with E-state index in [4.69, 9.17) is 4.74 Å². The molecule has 0 saturated heterocycles. The van der Waals surface area contributed by atoms with Gasteiger partial charge < -0.3 is 20.5 Å². The number of carbonyl (C=O) groups excluding carboxylic acids is 2. The maximum Gasteiger partial charge on any atom is 0.309 e. The summed E-state index contributed by atoms with van der Waals surface area (Å²) in [7, 11) is 0. The number of aliphatic hydroxyl groups excluding tert-OH is 1. The predicted octanol–water partition coefficient (Wildman–Crippen LogP) is 0.767. The minimum absolute atomic E-state index is 0.0358. The van der Waals surface area contributed by atoms with Crippen molar-refractivity contribution in [3.8, 4) is 5.75 Å². The Morgan fingerprint density at radius 1 is 1.18 bits per heavy atom. The molecule has 0 aliphatic heterocycles. The summed E-state index contributed by atoms with van der Waals surface area (Å²) in [6.45, 7) is 4.45. The van der Waals surface area contributed by atoms with Crippen LogP contribution < -0.4 is 15.4 Å². The van der Waals surface area contributed by atoms with E-state index in [1.165, 1.54) is 0 Å². The van der Waals surface area contributed by atoms with Crippen molar-refractivity contribution in [2.24, 2.45) is 0 Å². The Morgan fingerprint density at radius 3 is 2.45 bits per heavy atom. The highest BCUT2D eigenvalue weighted by Crippen LogP contribution is 2.11. The van der Waals surface area contributed by atoms with E-state index in [2.05, 4.69) is 10.6 Å². The van der Waals surface area contributed by atoms with E-state index in [-0.39, 0.29) is 13.2 Å². The van der Waals surface area contributed by atoms with Crippen LogP contribution in [0.5, 0.6) is 5.75 Å². The number of carbonyl (C=O) groups is 2. The fourth-order valence-electron chi connectivity index (χ4n) is 1.64. The summed E-state index contributed by atoms with van der Waals surface area (Å²) in [5, 5.41) is 14.6. The molecule has 1 aromatic rings. The Kier molecular flexibility index (Phi) is 7.99. The van der Waals surface area contributed by atoms with Crippen molar-refractivity contribution < 1.29 is 19.4 Å². The van der Waals surface area contributed by atoms with Crippen molar-refractivity contribution in [3.05, 3.63) is 29.8 Å². The summed E-state index contributed by atoms with van der Waals surface area (Å²) in [6.07, 6.45) is 0.886. The first-order chi connectivity index (χ1) is 10.5. The quantitative estimate of drug-likeness (QED) is 0.489. The van der Waals surface area contributed by atoms with Gasteiger partial charge in [0.15, 0.2) is 0 Å². The Bertz CT molecular complexity index is 474. The predicted molar refractivity (Wildman–Crippen MR) is 83.6 cm³/mol. The molecule has 0 unspecified atom stereocenters. The van der Waals surface area contributed by atoms with Crippen molar-refractivity contribution in [1.29, 1.82) is 0 Å². The molecule has 3 N–H and O–H groups in total. The fraction of sp³-hybridized carbons (Fsp3) is 0.500. The number of ether oxygens (including phenoxy) is 1. The molecule has 2 amide bonds. The molecular formula is C16H24N2O4. The van der Waals surface area contributed by atoms with Crippen LogP contribution in [0.4, 0.5) is 0 Å². The first kappa shape index (κ1) is 18.0. The van der Waals surface area contributed by atoms with Crippen LogP contribution in [-0.4, -0.2) is 42.7 Å². The van der Waals surface area contributed by atoms with Crippen molar-refractivity contribution in [3.63, 3.8) is 0 Å². The van der Waals surface area contributed by atoms with Gasteiger partial charge in [-0.1, -0.05) is 31.0 Å². The van der Waals surface area contributed by atoms with Gasteiger partial charge in [0.05, 0.1) is 0 Å². The molecule has 0 aliphatic rings. The van der Waals surface area contributed by atoms with Crippen molar-refractivity contribution in [2.45, 2.75) is 32.8 Å². The smallest absolute Gasteiger partial charge is 0.309 e. The SMILES string of the molecule is CCCCNC(=O)C(=O)NC[C@H](O)COc1ccc(C)cc1. The van der Waals surface area contributed by atoms with E-state index in [1.807, 2.05) is 38.1 Å². The second kappa shape index (κ2) is 9.78. The lowest BCUT2D eigenvalue weighted by Crippen LogP contribution is -2.44. The third-order valence-corrected chi connectivity index (χ3v) is 2.98. The van der Waals surface area contributed by atoms with Gasteiger partial charge in [0.1, 0.15) is 18.5 Å². The van der Waals surface area contributed by atoms with E-state index < -0.39 is 17.9 Å². The van der Waals surface area contributed by atoms with Gasteiger partial charge in [0.25, 0.3) is 0 Å². The van der Waals surface area contributed by atoms with Gasteiger partial charge in [-0.3, -0.25) is 9.59 Å². The molecule has 0 aliphatic carbocycles. The standard InChI is InChI=1S/C16H24N2O4/c1-3-4-9-17-15(20)16(21)18-10-13(19)11-22-14-7-5-12(2)6-8-14/h5-8,13,19H,3-4,9-11H2,1-2H3,(H,17,20)(H,18,21)/t13-/m0/s1. The molecule has 0 fully saturated rings. The minimum atomic E-state index is -0.881. The van der Waals surface area contributed by atoms with Crippen LogP contribution in [0, 0.1) is 6.92 Å². The van der Waals surface area contributed by atoms with Crippen LogP contribution in [0.2, 0.25) is 0 Å². The normalized spacial score (nSPS) is 11.6. The van der Waals surface area contributed by atoms with Gasteiger partial charge in [-0.15, -0.1) is 0 Å². The number of benzene rings is 1. The molecule has 0 bridgehead atoms. The largest absolute Gasteiger partial charge is 0.491 e. The lowest BCUT2D eigenvalue weighted by molar-refractivity contribution is -0.139. The van der Waals surface area contributed by atoms with Gasteiger partial charge in [0, 0.05) is 13.1 Å². The summed E-state index contributed by atoms with van der Waals surface area (Å²) < 4.78 is 5.39. The highest BCUT2D eigenvalue weighted by atomic mass is 16.5. The zero-order valence-corrected chi connectivity index (χ0v) is 13.1. The third kappa shape index (κ3) is 7.08. The number of nitrogens with one attached hydrogen (secondary N) is 2. The molecule has 0 radical (unpaired) electrons. The lowest BCUT2D eigenvalue weighted by atomic mass is 10.2. The number of amides is 2. The van der Waals surface area contributed by atoms with E-state index in [9.17, 15) is 14.7 Å². The second-order valence-electron chi connectivity index (χ2n) is 5.10. The first-order valence-electron chi connectivity index (χ1n) is 7.46. The van der Waals surface area contributed by atoms with E-state index in [1.54, 1.807) is 0 Å². The van der Waals surface area contributed by atoms with E-state index in [0.717, 1.165) is 18.4 Å². The van der Waals surface area contributed by atoms with Crippen LogP contribution in [-0.2, 0) is 9.59 Å². The summed E-state index contributed by atoms with van der Waals surface area (Å²) >= 11 is 0. The number of aryl methyl sites for hydroxylation is 1. The molecular weight excluding hydrogens is 284 g/mol. The zero-order chi connectivity index (χ0) is 16.4. The third-order valence-electron chi connectivity index (χ3n) is 2.98. The molecule has 1 aromatic carbocycles. The average Bonchev–Trinajstić information content (AvgIpc) is 2.52. The Balaban J connectivity index is 2.21. The monoisotopic (exact) mass is 308 g/mol. The maximum atomic E-state index is 11.5. The highest BCUT2D eigenvalue weighted by molar-refractivity contribution is 6.35. The van der Waals surface area contributed by atoms with Crippen LogP contribution in [0.3, 0.4) is 0 Å². The average molecular weight is 308 g/mol. The van der Waals surface area contributed by atoms with Gasteiger partial charge in [-0.2, -0.15) is 0 Å². The Labute approximate surface area is 130 Å². The maximum absolute atomic E-state index is 11.5. The van der Waals surface area contributed by atoms with Gasteiger partial charge in [-0.05, 0) is 25.5 Å². The van der Waals surface area contributed by atoms with E-state index >= 15 is 0 Å². The van der Waals surface area contributed by atoms with E-state index in [0.29, 0.717) is 12.3 Å². The first-order valence-corrected chi connectivity index (χ1v) is 7.46.